The van der Waals surface area contributed by atoms with E-state index in [0.29, 0.717) is 5.92 Å². The largest absolute Gasteiger partial charge is 0.263 e. The lowest BCUT2D eigenvalue weighted by molar-refractivity contribution is -0.355. The van der Waals surface area contributed by atoms with Crippen molar-refractivity contribution in [3.63, 3.8) is 0 Å². The van der Waals surface area contributed by atoms with Crippen molar-refractivity contribution in [2.75, 3.05) is 0 Å². The molecule has 3 heteroatoms. The van der Waals surface area contributed by atoms with Crippen LogP contribution in [-0.4, -0.2) is 4.98 Å². The molecule has 0 amide bonds. The molecular formula is C18H21N2S+. The molecule has 0 saturated carbocycles. The maximum atomic E-state index is 3.43. The van der Waals surface area contributed by atoms with Crippen molar-refractivity contribution in [1.82, 2.24) is 4.98 Å². The van der Waals surface area contributed by atoms with E-state index in [2.05, 4.69) is 72.3 Å². The van der Waals surface area contributed by atoms with Crippen molar-refractivity contribution in [3.8, 4) is 0 Å². The van der Waals surface area contributed by atoms with Crippen LogP contribution in [0.4, 0.5) is 0 Å². The number of benzene rings is 2. The summed E-state index contributed by atoms with van der Waals surface area (Å²) in [6, 6.07) is 17.3. The first-order valence-corrected chi connectivity index (χ1v) is 8.53. The third-order valence-corrected chi connectivity index (χ3v) is 4.69. The molecule has 0 aliphatic heterocycles. The molecule has 3 aromatic rings. The summed E-state index contributed by atoms with van der Waals surface area (Å²) in [5, 5.41) is 0. The summed E-state index contributed by atoms with van der Waals surface area (Å²) in [5.41, 5.74) is 5.15. The smallest absolute Gasteiger partial charge is 0.240 e. The highest BCUT2D eigenvalue weighted by Crippen LogP contribution is 2.19. The fourth-order valence-electron chi connectivity index (χ4n) is 2.40. The Labute approximate surface area is 130 Å². The third-order valence-electron chi connectivity index (χ3n) is 3.66. The first-order valence-electron chi connectivity index (χ1n) is 7.38. The topological polar surface area (TPSA) is 29.9 Å². The number of rotatable bonds is 5. The Morgan fingerprint density at radius 1 is 1.00 bits per heavy atom. The first kappa shape index (κ1) is 14.2. The molecule has 0 fully saturated rings. The third kappa shape index (κ3) is 3.48. The van der Waals surface area contributed by atoms with Gasteiger partial charge in [-0.15, -0.1) is 11.8 Å². The molecule has 3 rings (SSSR count). The van der Waals surface area contributed by atoms with Crippen LogP contribution >= 0.6 is 11.8 Å². The van der Waals surface area contributed by atoms with Crippen molar-refractivity contribution in [2.24, 2.45) is 0 Å². The summed E-state index contributed by atoms with van der Waals surface area (Å²) in [6.07, 6.45) is 0. The molecule has 2 nitrogen and oxygen atoms in total. The Morgan fingerprint density at radius 2 is 1.76 bits per heavy atom. The van der Waals surface area contributed by atoms with Crippen molar-refractivity contribution < 1.29 is 4.98 Å². The maximum Gasteiger partial charge on any atom is 0.263 e. The van der Waals surface area contributed by atoms with E-state index < -0.39 is 0 Å². The number of imidazole rings is 1. The number of H-pyrrole nitrogens is 2. The van der Waals surface area contributed by atoms with E-state index in [9.17, 15) is 0 Å². The molecule has 1 aromatic heterocycles. The Balaban J connectivity index is 1.58. The van der Waals surface area contributed by atoms with Gasteiger partial charge in [-0.25, -0.2) is 9.97 Å². The van der Waals surface area contributed by atoms with E-state index in [0.717, 1.165) is 11.5 Å². The van der Waals surface area contributed by atoms with Gasteiger partial charge in [0, 0.05) is 5.75 Å². The molecule has 0 unspecified atom stereocenters. The second kappa shape index (κ2) is 6.35. The molecule has 0 saturated heterocycles. The van der Waals surface area contributed by atoms with Gasteiger partial charge in [0.15, 0.2) is 11.0 Å². The van der Waals surface area contributed by atoms with Crippen LogP contribution in [0.15, 0.2) is 48.5 Å². The summed E-state index contributed by atoms with van der Waals surface area (Å²) in [7, 11) is 0. The number of thioether (sulfide) groups is 1. The monoisotopic (exact) mass is 297 g/mol. The molecular weight excluding hydrogens is 276 g/mol. The van der Waals surface area contributed by atoms with Crippen LogP contribution in [0.5, 0.6) is 0 Å². The average Bonchev–Trinajstić information content (AvgIpc) is 2.90. The quantitative estimate of drug-likeness (QED) is 0.736. The van der Waals surface area contributed by atoms with Gasteiger partial charge in [0.2, 0.25) is 0 Å². The van der Waals surface area contributed by atoms with E-state index >= 15 is 0 Å². The van der Waals surface area contributed by atoms with E-state index in [1.807, 2.05) is 11.8 Å². The van der Waals surface area contributed by atoms with Crippen LogP contribution in [0, 0.1) is 0 Å². The number of nitrogens with one attached hydrogen (secondary N) is 2. The summed E-state index contributed by atoms with van der Waals surface area (Å²) in [4.78, 5) is 6.86. The maximum absolute atomic E-state index is 3.43. The molecule has 0 aliphatic rings. The van der Waals surface area contributed by atoms with Gasteiger partial charge >= 0.3 is 0 Å². The molecule has 1 heterocycles. The van der Waals surface area contributed by atoms with E-state index in [1.54, 1.807) is 0 Å². The molecule has 0 atom stereocenters. The van der Waals surface area contributed by atoms with Crippen LogP contribution in [-0.2, 0) is 11.5 Å². The zero-order chi connectivity index (χ0) is 14.7. The van der Waals surface area contributed by atoms with Crippen molar-refractivity contribution in [2.45, 2.75) is 31.3 Å². The minimum absolute atomic E-state index is 0.604. The predicted octanol–water partition coefficient (Wildman–Crippen LogP) is 4.54. The van der Waals surface area contributed by atoms with E-state index in [4.69, 9.17) is 0 Å². The van der Waals surface area contributed by atoms with Gasteiger partial charge in [-0.2, -0.15) is 0 Å². The summed E-state index contributed by atoms with van der Waals surface area (Å²) in [5.74, 6) is 3.80. The Hall–Kier alpha value is -1.74. The van der Waals surface area contributed by atoms with Gasteiger partial charge in [0.25, 0.3) is 5.82 Å². The van der Waals surface area contributed by atoms with Crippen molar-refractivity contribution in [1.29, 1.82) is 0 Å². The van der Waals surface area contributed by atoms with Crippen LogP contribution < -0.4 is 4.98 Å². The normalized spacial score (nSPS) is 11.4. The number of aromatic nitrogens is 2. The highest BCUT2D eigenvalue weighted by atomic mass is 32.2. The molecule has 108 valence electrons. The van der Waals surface area contributed by atoms with Gasteiger partial charge in [-0.05, 0) is 29.2 Å². The number of aromatic amines is 2. The molecule has 2 aromatic carbocycles. The fourth-order valence-corrected chi connectivity index (χ4v) is 3.28. The lowest BCUT2D eigenvalue weighted by atomic mass is 10.0. The van der Waals surface area contributed by atoms with E-state index in [-0.39, 0.29) is 0 Å². The number of hydrogen-bond acceptors (Lipinski definition) is 1. The van der Waals surface area contributed by atoms with Crippen LogP contribution in [0.1, 0.15) is 36.7 Å². The van der Waals surface area contributed by atoms with Crippen LogP contribution in [0.3, 0.4) is 0 Å². The van der Waals surface area contributed by atoms with Crippen molar-refractivity contribution in [3.05, 3.63) is 65.5 Å². The van der Waals surface area contributed by atoms with Crippen LogP contribution in [0.25, 0.3) is 11.0 Å². The molecule has 0 radical (unpaired) electrons. The first-order chi connectivity index (χ1) is 10.2. The lowest BCUT2D eigenvalue weighted by Crippen LogP contribution is -2.05. The number of hydrogen-bond donors (Lipinski definition) is 1. The van der Waals surface area contributed by atoms with Crippen LogP contribution in [0.2, 0.25) is 0 Å². The minimum Gasteiger partial charge on any atom is -0.240 e. The molecule has 2 N–H and O–H groups in total. The Morgan fingerprint density at radius 3 is 2.48 bits per heavy atom. The van der Waals surface area contributed by atoms with Crippen molar-refractivity contribution >= 4 is 22.8 Å². The molecule has 0 bridgehead atoms. The second-order valence-electron chi connectivity index (χ2n) is 5.66. The van der Waals surface area contributed by atoms with Gasteiger partial charge in [0.05, 0.1) is 5.75 Å². The summed E-state index contributed by atoms with van der Waals surface area (Å²) >= 11 is 1.93. The highest BCUT2D eigenvalue weighted by Gasteiger charge is 2.08. The number of fused-ring (bicyclic) bond motifs is 1. The molecule has 21 heavy (non-hydrogen) atoms. The second-order valence-corrected chi connectivity index (χ2v) is 6.65. The fraction of sp³-hybridized carbons (Fsp3) is 0.278. The standard InChI is InChI=1S/C18H20N2S/c1-13(2)15-9-7-14(8-10-15)11-21-12-18-19-16-5-3-4-6-17(16)20-18/h3-10,13H,11-12H2,1-2H3,(H,19,20)/p+1. The Bertz CT molecular complexity index is 680. The molecule has 0 aliphatic carbocycles. The SMILES string of the molecule is CC(C)c1ccc(CSCc2[nH]c3ccccc3[nH+]2)cc1. The zero-order valence-corrected chi connectivity index (χ0v) is 13.3. The van der Waals surface area contributed by atoms with Gasteiger partial charge in [-0.3, -0.25) is 0 Å². The highest BCUT2D eigenvalue weighted by molar-refractivity contribution is 7.97. The number of para-hydroxylation sites is 2. The minimum atomic E-state index is 0.604. The van der Waals surface area contributed by atoms with Gasteiger partial charge < -0.3 is 0 Å². The molecule has 0 spiro atoms. The van der Waals surface area contributed by atoms with E-state index in [1.165, 1.54) is 28.0 Å². The average molecular weight is 297 g/mol. The lowest BCUT2D eigenvalue weighted by Gasteiger charge is -2.06. The summed E-state index contributed by atoms with van der Waals surface area (Å²) in [6.45, 7) is 4.46. The predicted molar refractivity (Wildman–Crippen MR) is 90.4 cm³/mol. The zero-order valence-electron chi connectivity index (χ0n) is 12.5. The Kier molecular flexibility index (Phi) is 4.30. The summed E-state index contributed by atoms with van der Waals surface area (Å²) < 4.78 is 0. The van der Waals surface area contributed by atoms with Gasteiger partial charge in [-0.1, -0.05) is 50.2 Å². The van der Waals surface area contributed by atoms with Gasteiger partial charge in [0.1, 0.15) is 0 Å².